The Morgan fingerprint density at radius 2 is 1.92 bits per heavy atom. The minimum absolute atomic E-state index is 1.02. The van der Waals surface area contributed by atoms with Crippen LogP contribution >= 0.6 is 0 Å². The van der Waals surface area contributed by atoms with Gasteiger partial charge in [0.05, 0.1) is 0 Å². The van der Waals surface area contributed by atoms with Gasteiger partial charge >= 0.3 is 0 Å². The van der Waals surface area contributed by atoms with Crippen LogP contribution in [0.4, 0.5) is 0 Å². The Bertz CT molecular complexity index is 104. The first kappa shape index (κ1) is 10.0. The molecule has 0 saturated carbocycles. The van der Waals surface area contributed by atoms with E-state index in [0.29, 0.717) is 0 Å². The Balaban J connectivity index is 1.98. The van der Waals surface area contributed by atoms with E-state index in [1.54, 1.807) is 5.92 Å². The van der Waals surface area contributed by atoms with Crippen molar-refractivity contribution in [1.82, 2.24) is 5.32 Å². The maximum Gasteiger partial charge on any atom is -0.00463 e. The first-order valence-electron chi connectivity index (χ1n) is 5.29. The van der Waals surface area contributed by atoms with Gasteiger partial charge in [-0.05, 0) is 44.2 Å². The fraction of sp³-hybridized carbons (Fsp3) is 0.909. The minimum atomic E-state index is 1.02. The maximum atomic E-state index is 3.41. The molecule has 0 bridgehead atoms. The molecular weight excluding hydrogens is 146 g/mol. The summed E-state index contributed by atoms with van der Waals surface area (Å²) < 4.78 is 0. The highest BCUT2D eigenvalue weighted by Crippen LogP contribution is 2.20. The molecule has 12 heavy (non-hydrogen) atoms. The Labute approximate surface area is 76.9 Å². The van der Waals surface area contributed by atoms with E-state index in [2.05, 4.69) is 19.2 Å². The van der Waals surface area contributed by atoms with Crippen LogP contribution < -0.4 is 5.32 Å². The molecule has 0 aromatic heterocycles. The van der Waals surface area contributed by atoms with Crippen molar-refractivity contribution in [2.75, 3.05) is 13.1 Å². The zero-order valence-electron chi connectivity index (χ0n) is 8.53. The highest BCUT2D eigenvalue weighted by molar-refractivity contribution is 4.77. The molecule has 1 radical (unpaired) electrons. The van der Waals surface area contributed by atoms with E-state index >= 15 is 0 Å². The summed E-state index contributed by atoms with van der Waals surface area (Å²) in [5.74, 6) is 2.61. The molecule has 1 aliphatic heterocycles. The fourth-order valence-electron chi connectivity index (χ4n) is 1.91. The average molecular weight is 168 g/mol. The van der Waals surface area contributed by atoms with Crippen LogP contribution in [0.5, 0.6) is 0 Å². The van der Waals surface area contributed by atoms with Crippen molar-refractivity contribution >= 4 is 0 Å². The second-order valence-electron chi connectivity index (χ2n) is 4.29. The van der Waals surface area contributed by atoms with Gasteiger partial charge in [0, 0.05) is 0 Å². The summed E-state index contributed by atoms with van der Waals surface area (Å²) in [6.45, 7) is 6.98. The zero-order valence-corrected chi connectivity index (χ0v) is 8.53. The molecule has 1 heterocycles. The zero-order chi connectivity index (χ0) is 8.81. The van der Waals surface area contributed by atoms with Crippen molar-refractivity contribution in [3.8, 4) is 0 Å². The molecule has 0 amide bonds. The standard InChI is InChI=1S/C11H22N/c1-10(2)4-3-5-11-6-8-12-9-7-11/h11-12H,3-9H2,1-2H3. The van der Waals surface area contributed by atoms with Crippen LogP contribution in [0.1, 0.15) is 46.0 Å². The quantitative estimate of drug-likeness (QED) is 0.680. The van der Waals surface area contributed by atoms with Crippen LogP contribution in [0, 0.1) is 11.8 Å². The first-order valence-corrected chi connectivity index (χ1v) is 5.29. The van der Waals surface area contributed by atoms with Gasteiger partial charge < -0.3 is 5.32 Å². The lowest BCUT2D eigenvalue weighted by atomic mass is 9.91. The predicted octanol–water partition coefficient (Wildman–Crippen LogP) is 2.77. The largest absolute Gasteiger partial charge is 0.317 e. The molecule has 1 nitrogen and oxygen atoms in total. The van der Waals surface area contributed by atoms with E-state index in [1.807, 2.05) is 0 Å². The van der Waals surface area contributed by atoms with Gasteiger partial charge in [-0.15, -0.1) is 0 Å². The molecule has 1 fully saturated rings. The third-order valence-corrected chi connectivity index (χ3v) is 2.75. The molecule has 0 spiro atoms. The second-order valence-corrected chi connectivity index (χ2v) is 4.29. The van der Waals surface area contributed by atoms with Gasteiger partial charge in [-0.25, -0.2) is 0 Å². The molecule has 71 valence electrons. The van der Waals surface area contributed by atoms with Crippen molar-refractivity contribution in [2.45, 2.75) is 46.0 Å². The van der Waals surface area contributed by atoms with Crippen LogP contribution in [0.25, 0.3) is 0 Å². The number of piperidine rings is 1. The van der Waals surface area contributed by atoms with E-state index in [4.69, 9.17) is 0 Å². The summed E-state index contributed by atoms with van der Waals surface area (Å²) in [7, 11) is 0. The molecule has 0 aromatic rings. The molecule has 1 saturated heterocycles. The molecular formula is C11H22N. The molecule has 0 aliphatic carbocycles. The lowest BCUT2D eigenvalue weighted by molar-refractivity contribution is 0.345. The van der Waals surface area contributed by atoms with Crippen molar-refractivity contribution in [1.29, 1.82) is 0 Å². The monoisotopic (exact) mass is 168 g/mol. The van der Waals surface area contributed by atoms with Gasteiger partial charge in [0.2, 0.25) is 0 Å². The highest BCUT2D eigenvalue weighted by Gasteiger charge is 2.12. The predicted molar refractivity (Wildman–Crippen MR) is 54.0 cm³/mol. The highest BCUT2D eigenvalue weighted by atomic mass is 14.9. The molecule has 0 atom stereocenters. The van der Waals surface area contributed by atoms with Crippen LogP contribution in [0.3, 0.4) is 0 Å². The van der Waals surface area contributed by atoms with Crippen molar-refractivity contribution in [2.24, 2.45) is 5.92 Å². The van der Waals surface area contributed by atoms with Crippen molar-refractivity contribution in [3.63, 3.8) is 0 Å². The number of nitrogens with one attached hydrogen (secondary N) is 1. The SMILES string of the molecule is C[C](C)CCCC1CCNCC1. The van der Waals surface area contributed by atoms with Gasteiger partial charge in [-0.1, -0.05) is 26.7 Å². The first-order chi connectivity index (χ1) is 5.79. The van der Waals surface area contributed by atoms with E-state index in [9.17, 15) is 0 Å². The summed E-state index contributed by atoms with van der Waals surface area (Å²) in [5, 5.41) is 3.41. The average Bonchev–Trinajstić information content (AvgIpc) is 2.05. The van der Waals surface area contributed by atoms with E-state index in [-0.39, 0.29) is 0 Å². The Morgan fingerprint density at radius 3 is 2.50 bits per heavy atom. The summed E-state index contributed by atoms with van der Waals surface area (Å²) in [5.41, 5.74) is 0. The fourth-order valence-corrected chi connectivity index (χ4v) is 1.91. The van der Waals surface area contributed by atoms with Gasteiger partial charge in [-0.2, -0.15) is 0 Å². The summed E-state index contributed by atoms with van der Waals surface area (Å²) in [6, 6.07) is 0. The van der Waals surface area contributed by atoms with Gasteiger partial charge in [0.1, 0.15) is 0 Å². The van der Waals surface area contributed by atoms with Crippen LogP contribution in [0.15, 0.2) is 0 Å². The van der Waals surface area contributed by atoms with Crippen LogP contribution in [0.2, 0.25) is 0 Å². The normalized spacial score (nSPS) is 20.2. The maximum absolute atomic E-state index is 3.41. The van der Waals surface area contributed by atoms with Crippen molar-refractivity contribution < 1.29 is 0 Å². The van der Waals surface area contributed by atoms with Crippen LogP contribution in [-0.4, -0.2) is 13.1 Å². The molecule has 1 aliphatic rings. The lowest BCUT2D eigenvalue weighted by Crippen LogP contribution is -2.27. The lowest BCUT2D eigenvalue weighted by Gasteiger charge is -2.22. The van der Waals surface area contributed by atoms with Crippen LogP contribution in [-0.2, 0) is 0 Å². The number of rotatable bonds is 4. The summed E-state index contributed by atoms with van der Waals surface area (Å²) >= 11 is 0. The van der Waals surface area contributed by atoms with E-state index in [0.717, 1.165) is 5.92 Å². The Hall–Kier alpha value is -0.0400. The van der Waals surface area contributed by atoms with Crippen molar-refractivity contribution in [3.05, 3.63) is 5.92 Å². The smallest absolute Gasteiger partial charge is 0.00463 e. The topological polar surface area (TPSA) is 12.0 Å². The number of hydrogen-bond donors (Lipinski definition) is 1. The summed E-state index contributed by atoms with van der Waals surface area (Å²) in [4.78, 5) is 0. The third kappa shape index (κ3) is 4.10. The number of hydrogen-bond acceptors (Lipinski definition) is 1. The van der Waals surface area contributed by atoms with E-state index < -0.39 is 0 Å². The minimum Gasteiger partial charge on any atom is -0.317 e. The van der Waals surface area contributed by atoms with Gasteiger partial charge in [-0.3, -0.25) is 0 Å². The molecule has 0 unspecified atom stereocenters. The summed E-state index contributed by atoms with van der Waals surface area (Å²) in [6.07, 6.45) is 7.01. The Kier molecular flexibility index (Phi) is 4.67. The van der Waals surface area contributed by atoms with Gasteiger partial charge in [0.25, 0.3) is 0 Å². The Morgan fingerprint density at radius 1 is 1.25 bits per heavy atom. The van der Waals surface area contributed by atoms with E-state index in [1.165, 1.54) is 45.2 Å². The second kappa shape index (κ2) is 5.58. The molecule has 1 rings (SSSR count). The third-order valence-electron chi connectivity index (χ3n) is 2.75. The van der Waals surface area contributed by atoms with Gasteiger partial charge in [0.15, 0.2) is 0 Å². The molecule has 1 N–H and O–H groups in total. The molecule has 1 heteroatoms. The molecule has 0 aromatic carbocycles.